The zero-order valence-corrected chi connectivity index (χ0v) is 15.6. The van der Waals surface area contributed by atoms with Gasteiger partial charge in [0, 0.05) is 6.54 Å². The normalized spacial score (nSPS) is 10.0. The zero-order chi connectivity index (χ0) is 19.6. The summed E-state index contributed by atoms with van der Waals surface area (Å²) < 4.78 is 20.7. The summed E-state index contributed by atoms with van der Waals surface area (Å²) in [5, 5.41) is 2.69. The molecule has 0 aromatic heterocycles. The second-order valence-electron chi connectivity index (χ2n) is 5.50. The Labute approximate surface area is 158 Å². The molecule has 27 heavy (non-hydrogen) atoms. The van der Waals surface area contributed by atoms with E-state index in [0.29, 0.717) is 29.4 Å². The molecule has 0 atom stereocenters. The van der Waals surface area contributed by atoms with Crippen LogP contribution in [0.2, 0.25) is 0 Å². The lowest BCUT2D eigenvalue weighted by Gasteiger charge is -2.10. The topological polar surface area (TPSA) is 83.1 Å². The highest BCUT2D eigenvalue weighted by Crippen LogP contribution is 2.27. The third-order valence-corrected chi connectivity index (χ3v) is 3.67. The molecule has 2 rings (SSSR count). The molecule has 0 saturated carbocycles. The summed E-state index contributed by atoms with van der Waals surface area (Å²) >= 11 is 0. The Morgan fingerprint density at radius 2 is 1.67 bits per heavy atom. The summed E-state index contributed by atoms with van der Waals surface area (Å²) in [5.74, 6) is 0.883. The van der Waals surface area contributed by atoms with Gasteiger partial charge < -0.3 is 24.3 Å². The Morgan fingerprint density at radius 1 is 0.963 bits per heavy atom. The van der Waals surface area contributed by atoms with E-state index in [2.05, 4.69) is 5.32 Å². The zero-order valence-electron chi connectivity index (χ0n) is 15.6. The molecule has 0 aliphatic rings. The molecule has 0 unspecified atom stereocenters. The third-order valence-electron chi connectivity index (χ3n) is 3.67. The molecule has 0 radical (unpaired) electrons. The second-order valence-corrected chi connectivity index (χ2v) is 5.50. The van der Waals surface area contributed by atoms with E-state index in [4.69, 9.17) is 18.9 Å². The predicted molar refractivity (Wildman–Crippen MR) is 99.3 cm³/mol. The number of amides is 1. The number of nitrogens with one attached hydrogen (secondary N) is 1. The maximum absolute atomic E-state index is 12.0. The summed E-state index contributed by atoms with van der Waals surface area (Å²) in [7, 11) is 3.10. The van der Waals surface area contributed by atoms with Crippen LogP contribution < -0.4 is 19.5 Å². The van der Waals surface area contributed by atoms with Gasteiger partial charge in [-0.3, -0.25) is 4.79 Å². The van der Waals surface area contributed by atoms with E-state index in [9.17, 15) is 9.59 Å². The van der Waals surface area contributed by atoms with Gasteiger partial charge in [-0.05, 0) is 48.9 Å². The number of carbonyl (C=O) groups is 2. The van der Waals surface area contributed by atoms with Crippen molar-refractivity contribution in [3.8, 4) is 17.2 Å². The first-order chi connectivity index (χ1) is 13.1. The molecule has 2 aromatic rings. The SMILES string of the molecule is CCOc1ccc(C(=O)OCC(=O)NCc2ccc(OC)c(OC)c2)cc1. The van der Waals surface area contributed by atoms with Crippen LogP contribution in [-0.4, -0.2) is 39.3 Å². The minimum absolute atomic E-state index is 0.278. The molecule has 0 saturated heterocycles. The number of benzene rings is 2. The molecule has 1 amide bonds. The van der Waals surface area contributed by atoms with Gasteiger partial charge in [-0.15, -0.1) is 0 Å². The van der Waals surface area contributed by atoms with Crippen LogP contribution in [0.15, 0.2) is 42.5 Å². The van der Waals surface area contributed by atoms with Crippen molar-refractivity contribution < 1.29 is 28.5 Å². The van der Waals surface area contributed by atoms with Crippen molar-refractivity contribution in [2.24, 2.45) is 0 Å². The fourth-order valence-corrected chi connectivity index (χ4v) is 2.31. The van der Waals surface area contributed by atoms with E-state index in [1.165, 1.54) is 0 Å². The second kappa shape index (κ2) is 10.1. The molecule has 0 bridgehead atoms. The molecule has 1 N–H and O–H groups in total. The van der Waals surface area contributed by atoms with Crippen LogP contribution in [0.4, 0.5) is 0 Å². The number of hydrogen-bond acceptors (Lipinski definition) is 6. The van der Waals surface area contributed by atoms with Gasteiger partial charge in [-0.2, -0.15) is 0 Å². The number of ether oxygens (including phenoxy) is 4. The smallest absolute Gasteiger partial charge is 0.338 e. The monoisotopic (exact) mass is 373 g/mol. The fourth-order valence-electron chi connectivity index (χ4n) is 2.31. The number of hydrogen-bond donors (Lipinski definition) is 1. The quantitative estimate of drug-likeness (QED) is 0.680. The van der Waals surface area contributed by atoms with Gasteiger partial charge in [0.25, 0.3) is 5.91 Å². The number of rotatable bonds is 9. The average Bonchev–Trinajstić information content (AvgIpc) is 2.71. The van der Waals surface area contributed by atoms with Crippen LogP contribution in [0.1, 0.15) is 22.8 Å². The molecule has 0 heterocycles. The molecule has 2 aromatic carbocycles. The van der Waals surface area contributed by atoms with Gasteiger partial charge in [0.2, 0.25) is 0 Å². The van der Waals surface area contributed by atoms with Crippen molar-refractivity contribution in [1.82, 2.24) is 5.32 Å². The standard InChI is InChI=1S/C20H23NO6/c1-4-26-16-8-6-15(7-9-16)20(23)27-13-19(22)21-12-14-5-10-17(24-2)18(11-14)25-3/h5-11H,4,12-13H2,1-3H3,(H,21,22). The van der Waals surface area contributed by atoms with Crippen molar-refractivity contribution in [2.75, 3.05) is 27.4 Å². The van der Waals surface area contributed by atoms with Gasteiger partial charge in [0.1, 0.15) is 5.75 Å². The van der Waals surface area contributed by atoms with Crippen molar-refractivity contribution in [2.45, 2.75) is 13.5 Å². The molecule has 0 spiro atoms. The molecule has 7 heteroatoms. The summed E-state index contributed by atoms with van der Waals surface area (Å²) in [6.45, 7) is 2.34. The number of methoxy groups -OCH3 is 2. The number of carbonyl (C=O) groups excluding carboxylic acids is 2. The fraction of sp³-hybridized carbons (Fsp3) is 0.300. The van der Waals surface area contributed by atoms with Crippen LogP contribution in [0.25, 0.3) is 0 Å². The van der Waals surface area contributed by atoms with Crippen LogP contribution in [0.5, 0.6) is 17.2 Å². The highest BCUT2D eigenvalue weighted by atomic mass is 16.5. The van der Waals surface area contributed by atoms with Crippen LogP contribution >= 0.6 is 0 Å². The predicted octanol–water partition coefficient (Wildman–Crippen LogP) is 2.58. The van der Waals surface area contributed by atoms with Crippen molar-refractivity contribution >= 4 is 11.9 Å². The Bertz CT molecular complexity index is 773. The Balaban J connectivity index is 1.81. The average molecular weight is 373 g/mol. The minimum Gasteiger partial charge on any atom is -0.494 e. The first kappa shape index (κ1) is 20.1. The molecule has 7 nitrogen and oxygen atoms in total. The minimum atomic E-state index is -0.570. The maximum atomic E-state index is 12.0. The molecule has 0 aliphatic carbocycles. The Kier molecular flexibility index (Phi) is 7.49. The third kappa shape index (κ3) is 5.91. The molecule has 0 aliphatic heterocycles. The molecular weight excluding hydrogens is 350 g/mol. The molecular formula is C20H23NO6. The van der Waals surface area contributed by atoms with Crippen LogP contribution in [0, 0.1) is 0 Å². The molecule has 144 valence electrons. The summed E-state index contributed by atoms with van der Waals surface area (Å²) in [6, 6.07) is 11.9. The van der Waals surface area contributed by atoms with E-state index < -0.39 is 11.9 Å². The number of esters is 1. The maximum Gasteiger partial charge on any atom is 0.338 e. The van der Waals surface area contributed by atoms with Gasteiger partial charge in [0.05, 0.1) is 26.4 Å². The summed E-state index contributed by atoms with van der Waals surface area (Å²) in [6.07, 6.45) is 0. The van der Waals surface area contributed by atoms with E-state index in [1.807, 2.05) is 13.0 Å². The summed E-state index contributed by atoms with van der Waals surface area (Å²) in [5.41, 5.74) is 1.19. The lowest BCUT2D eigenvalue weighted by molar-refractivity contribution is -0.124. The van der Waals surface area contributed by atoms with E-state index >= 15 is 0 Å². The lowest BCUT2D eigenvalue weighted by atomic mass is 10.2. The van der Waals surface area contributed by atoms with E-state index in [0.717, 1.165) is 5.56 Å². The molecule has 0 fully saturated rings. The largest absolute Gasteiger partial charge is 0.494 e. The van der Waals surface area contributed by atoms with Gasteiger partial charge in [-0.1, -0.05) is 6.07 Å². The van der Waals surface area contributed by atoms with Crippen LogP contribution in [-0.2, 0) is 16.1 Å². The lowest BCUT2D eigenvalue weighted by Crippen LogP contribution is -2.28. The van der Waals surface area contributed by atoms with Gasteiger partial charge in [-0.25, -0.2) is 4.79 Å². The van der Waals surface area contributed by atoms with Crippen molar-refractivity contribution in [3.05, 3.63) is 53.6 Å². The van der Waals surface area contributed by atoms with E-state index in [1.54, 1.807) is 50.6 Å². The van der Waals surface area contributed by atoms with Crippen molar-refractivity contribution in [3.63, 3.8) is 0 Å². The van der Waals surface area contributed by atoms with Crippen LogP contribution in [0.3, 0.4) is 0 Å². The first-order valence-electron chi connectivity index (χ1n) is 8.45. The Hall–Kier alpha value is -3.22. The highest BCUT2D eigenvalue weighted by Gasteiger charge is 2.11. The van der Waals surface area contributed by atoms with Crippen molar-refractivity contribution in [1.29, 1.82) is 0 Å². The van der Waals surface area contributed by atoms with E-state index in [-0.39, 0.29) is 13.2 Å². The van der Waals surface area contributed by atoms with Gasteiger partial charge >= 0.3 is 5.97 Å². The first-order valence-corrected chi connectivity index (χ1v) is 8.45. The Morgan fingerprint density at radius 3 is 2.30 bits per heavy atom. The van der Waals surface area contributed by atoms with Gasteiger partial charge in [0.15, 0.2) is 18.1 Å². The summed E-state index contributed by atoms with van der Waals surface area (Å²) in [4.78, 5) is 23.9. The highest BCUT2D eigenvalue weighted by molar-refractivity contribution is 5.91.